The third-order valence-electron chi connectivity index (χ3n) is 3.05. The zero-order valence-corrected chi connectivity index (χ0v) is 12.3. The number of hydrogen-bond donors (Lipinski definition) is 1. The van der Waals surface area contributed by atoms with Crippen LogP contribution in [0.1, 0.15) is 23.9 Å². The molecular weight excluding hydrogens is 254 g/mol. The Balaban J connectivity index is 2.38. The predicted molar refractivity (Wildman–Crippen MR) is 76.5 cm³/mol. The monoisotopic (exact) mass is 273 g/mol. The number of ether oxygens (including phenoxy) is 1. The molecule has 6 nitrogen and oxygen atoms in total. The average Bonchev–Trinajstić information content (AvgIpc) is 2.46. The Bertz CT molecular complexity index is 577. The largest absolute Gasteiger partial charge is 0.481 e. The van der Waals surface area contributed by atoms with Crippen LogP contribution >= 0.6 is 0 Å². The van der Waals surface area contributed by atoms with Crippen LogP contribution in [-0.4, -0.2) is 33.6 Å². The molecule has 0 unspecified atom stereocenters. The number of methoxy groups -OCH3 is 1. The number of rotatable bonds is 5. The second-order valence-corrected chi connectivity index (χ2v) is 4.42. The second-order valence-electron chi connectivity index (χ2n) is 4.42. The Morgan fingerprint density at radius 3 is 2.45 bits per heavy atom. The highest BCUT2D eigenvalue weighted by atomic mass is 16.5. The van der Waals surface area contributed by atoms with Crippen molar-refractivity contribution in [1.82, 2.24) is 25.3 Å². The molecule has 1 N–H and O–H groups in total. The van der Waals surface area contributed by atoms with Gasteiger partial charge in [0, 0.05) is 29.6 Å². The lowest BCUT2D eigenvalue weighted by molar-refractivity contribution is 0.397. The highest BCUT2D eigenvalue weighted by molar-refractivity contribution is 5.51. The molecule has 0 atom stereocenters. The number of nitrogens with zero attached hydrogens (tertiary/aromatic N) is 4. The van der Waals surface area contributed by atoms with Crippen molar-refractivity contribution in [1.29, 1.82) is 0 Å². The van der Waals surface area contributed by atoms with E-state index in [-0.39, 0.29) is 0 Å². The van der Waals surface area contributed by atoms with Gasteiger partial charge < -0.3 is 10.1 Å². The number of aryl methyl sites for hydroxylation is 2. The fraction of sp³-hybridized carbons (Fsp3) is 0.429. The first-order chi connectivity index (χ1) is 9.65. The lowest BCUT2D eigenvalue weighted by Crippen LogP contribution is -2.15. The molecule has 2 aromatic rings. The summed E-state index contributed by atoms with van der Waals surface area (Å²) in [5.41, 5.74) is 3.73. The minimum Gasteiger partial charge on any atom is -0.481 e. The zero-order chi connectivity index (χ0) is 14.5. The summed E-state index contributed by atoms with van der Waals surface area (Å²) in [6.07, 6.45) is 1.45. The molecule has 0 spiro atoms. The highest BCUT2D eigenvalue weighted by Gasteiger charge is 2.11. The minimum atomic E-state index is 0.505. The van der Waals surface area contributed by atoms with Gasteiger partial charge in [-0.05, 0) is 20.4 Å². The van der Waals surface area contributed by atoms with Gasteiger partial charge in [0.2, 0.25) is 5.88 Å². The maximum atomic E-state index is 5.10. The SMILES string of the molecule is CCNCc1c(C)nc(-c2cc(OC)ncn2)nc1C. The minimum absolute atomic E-state index is 0.505. The Labute approximate surface area is 118 Å². The van der Waals surface area contributed by atoms with Gasteiger partial charge in [0.15, 0.2) is 5.82 Å². The average molecular weight is 273 g/mol. The Hall–Kier alpha value is -2.08. The molecule has 0 aliphatic carbocycles. The summed E-state index contributed by atoms with van der Waals surface area (Å²) in [7, 11) is 1.57. The molecule has 0 saturated carbocycles. The first-order valence-corrected chi connectivity index (χ1v) is 6.57. The molecule has 6 heteroatoms. The predicted octanol–water partition coefficient (Wildman–Crippen LogP) is 1.67. The van der Waals surface area contributed by atoms with Crippen LogP contribution in [0.15, 0.2) is 12.4 Å². The first-order valence-electron chi connectivity index (χ1n) is 6.57. The van der Waals surface area contributed by atoms with Gasteiger partial charge in [-0.15, -0.1) is 0 Å². The molecule has 0 aliphatic heterocycles. The normalized spacial score (nSPS) is 10.6. The quantitative estimate of drug-likeness (QED) is 0.893. The Morgan fingerprint density at radius 1 is 1.15 bits per heavy atom. The van der Waals surface area contributed by atoms with Crippen molar-refractivity contribution in [2.24, 2.45) is 0 Å². The topological polar surface area (TPSA) is 72.8 Å². The van der Waals surface area contributed by atoms with Crippen LogP contribution < -0.4 is 10.1 Å². The molecule has 20 heavy (non-hydrogen) atoms. The molecule has 106 valence electrons. The van der Waals surface area contributed by atoms with Crippen molar-refractivity contribution in [2.75, 3.05) is 13.7 Å². The van der Waals surface area contributed by atoms with Crippen molar-refractivity contribution >= 4 is 0 Å². The van der Waals surface area contributed by atoms with Crippen molar-refractivity contribution in [3.8, 4) is 17.4 Å². The molecule has 0 fully saturated rings. The van der Waals surface area contributed by atoms with Gasteiger partial charge in [0.1, 0.15) is 12.0 Å². The third-order valence-corrected chi connectivity index (χ3v) is 3.05. The summed E-state index contributed by atoms with van der Waals surface area (Å²) in [6, 6.07) is 1.73. The maximum absolute atomic E-state index is 5.10. The Morgan fingerprint density at radius 2 is 1.85 bits per heavy atom. The van der Waals surface area contributed by atoms with Crippen LogP contribution in [0.25, 0.3) is 11.5 Å². The van der Waals surface area contributed by atoms with Gasteiger partial charge in [0.25, 0.3) is 0 Å². The van der Waals surface area contributed by atoms with Crippen LogP contribution in [-0.2, 0) is 6.54 Å². The molecular formula is C14H19N5O. The zero-order valence-electron chi connectivity index (χ0n) is 12.3. The standard InChI is InChI=1S/C14H19N5O/c1-5-15-7-11-9(2)18-14(19-10(11)3)12-6-13(20-4)17-8-16-12/h6,8,15H,5,7H2,1-4H3. The van der Waals surface area contributed by atoms with Crippen LogP contribution in [0.2, 0.25) is 0 Å². The fourth-order valence-corrected chi connectivity index (χ4v) is 1.93. The number of aromatic nitrogens is 4. The van der Waals surface area contributed by atoms with E-state index in [1.54, 1.807) is 13.2 Å². The van der Waals surface area contributed by atoms with E-state index < -0.39 is 0 Å². The molecule has 0 aliphatic rings. The van der Waals surface area contributed by atoms with Crippen LogP contribution in [0.5, 0.6) is 5.88 Å². The molecule has 2 aromatic heterocycles. The van der Waals surface area contributed by atoms with Gasteiger partial charge in [-0.1, -0.05) is 6.92 Å². The number of nitrogens with one attached hydrogen (secondary N) is 1. The van der Waals surface area contributed by atoms with Crippen molar-refractivity contribution < 1.29 is 4.74 Å². The summed E-state index contributed by atoms with van der Waals surface area (Å²) in [5.74, 6) is 1.10. The summed E-state index contributed by atoms with van der Waals surface area (Å²) < 4.78 is 5.10. The Kier molecular flexibility index (Phi) is 4.57. The summed E-state index contributed by atoms with van der Waals surface area (Å²) in [4.78, 5) is 17.3. The summed E-state index contributed by atoms with van der Waals surface area (Å²) >= 11 is 0. The molecule has 0 bridgehead atoms. The highest BCUT2D eigenvalue weighted by Crippen LogP contribution is 2.19. The van der Waals surface area contributed by atoms with E-state index in [1.165, 1.54) is 6.33 Å². The van der Waals surface area contributed by atoms with E-state index in [4.69, 9.17) is 4.74 Å². The van der Waals surface area contributed by atoms with E-state index in [0.29, 0.717) is 17.4 Å². The lowest BCUT2D eigenvalue weighted by Gasteiger charge is -2.11. The van der Waals surface area contributed by atoms with Gasteiger partial charge in [0.05, 0.1) is 7.11 Å². The molecule has 0 saturated heterocycles. The second kappa shape index (κ2) is 6.38. The number of hydrogen-bond acceptors (Lipinski definition) is 6. The van der Waals surface area contributed by atoms with Crippen LogP contribution in [0.4, 0.5) is 0 Å². The fourth-order valence-electron chi connectivity index (χ4n) is 1.93. The van der Waals surface area contributed by atoms with Crippen molar-refractivity contribution in [3.05, 3.63) is 29.3 Å². The van der Waals surface area contributed by atoms with E-state index in [0.717, 1.165) is 30.0 Å². The van der Waals surface area contributed by atoms with Gasteiger partial charge >= 0.3 is 0 Å². The van der Waals surface area contributed by atoms with E-state index >= 15 is 0 Å². The van der Waals surface area contributed by atoms with E-state index in [9.17, 15) is 0 Å². The smallest absolute Gasteiger partial charge is 0.216 e. The molecule has 0 radical (unpaired) electrons. The summed E-state index contributed by atoms with van der Waals surface area (Å²) in [6.45, 7) is 7.75. The van der Waals surface area contributed by atoms with Gasteiger partial charge in [-0.25, -0.2) is 19.9 Å². The van der Waals surface area contributed by atoms with Crippen molar-refractivity contribution in [3.63, 3.8) is 0 Å². The van der Waals surface area contributed by atoms with E-state index in [1.807, 2.05) is 13.8 Å². The van der Waals surface area contributed by atoms with Gasteiger partial charge in [-0.2, -0.15) is 0 Å². The lowest BCUT2D eigenvalue weighted by atomic mass is 10.1. The maximum Gasteiger partial charge on any atom is 0.216 e. The molecule has 0 aromatic carbocycles. The molecule has 0 amide bonds. The first kappa shape index (κ1) is 14.3. The van der Waals surface area contributed by atoms with E-state index in [2.05, 4.69) is 32.2 Å². The summed E-state index contributed by atoms with van der Waals surface area (Å²) in [5, 5.41) is 3.30. The molecule has 2 heterocycles. The third kappa shape index (κ3) is 3.08. The van der Waals surface area contributed by atoms with Crippen LogP contribution in [0.3, 0.4) is 0 Å². The van der Waals surface area contributed by atoms with Crippen LogP contribution in [0, 0.1) is 13.8 Å². The molecule has 2 rings (SSSR count). The van der Waals surface area contributed by atoms with Crippen molar-refractivity contribution in [2.45, 2.75) is 27.3 Å². The van der Waals surface area contributed by atoms with Gasteiger partial charge in [-0.3, -0.25) is 0 Å².